The zero-order chi connectivity index (χ0) is 16.7. The Kier molecular flexibility index (Phi) is 6.84. The lowest BCUT2D eigenvalue weighted by Gasteiger charge is -2.26. The Hall–Kier alpha value is -1.62. The number of amides is 1. The van der Waals surface area contributed by atoms with Crippen LogP contribution in [0, 0.1) is 5.92 Å². The molecule has 1 amide bonds. The van der Waals surface area contributed by atoms with Gasteiger partial charge in [0.25, 0.3) is 5.91 Å². The molecule has 0 spiro atoms. The van der Waals surface area contributed by atoms with E-state index in [1.165, 1.54) is 25.5 Å². The predicted octanol–water partition coefficient (Wildman–Crippen LogP) is 3.37. The van der Waals surface area contributed by atoms with Crippen molar-refractivity contribution in [3.63, 3.8) is 0 Å². The van der Waals surface area contributed by atoms with Crippen LogP contribution in [0.3, 0.4) is 0 Å². The van der Waals surface area contributed by atoms with Crippen molar-refractivity contribution < 1.29 is 14.3 Å². The van der Waals surface area contributed by atoms with E-state index in [0.717, 1.165) is 12.8 Å². The molecule has 1 heterocycles. The van der Waals surface area contributed by atoms with Gasteiger partial charge in [-0.15, -0.1) is 0 Å². The highest BCUT2D eigenvalue weighted by Crippen LogP contribution is 2.27. The van der Waals surface area contributed by atoms with E-state index in [0.29, 0.717) is 24.0 Å². The number of rotatable bonds is 6. The van der Waals surface area contributed by atoms with Gasteiger partial charge < -0.3 is 10.1 Å². The molecule has 6 heteroatoms. The summed E-state index contributed by atoms with van der Waals surface area (Å²) >= 11 is 5.77. The summed E-state index contributed by atoms with van der Waals surface area (Å²) in [5, 5.41) is 3.23. The molecule has 126 valence electrons. The first-order chi connectivity index (χ1) is 11.1. The fourth-order valence-electron chi connectivity index (χ4n) is 2.96. The SMILES string of the molecule is CCOC(=O)C(CC1CCCCC1)NC(=O)c1ccc(Cl)cn1. The van der Waals surface area contributed by atoms with Crippen molar-refractivity contribution in [2.24, 2.45) is 5.92 Å². The maximum Gasteiger partial charge on any atom is 0.328 e. The molecule has 23 heavy (non-hydrogen) atoms. The lowest BCUT2D eigenvalue weighted by molar-refractivity contribution is -0.146. The van der Waals surface area contributed by atoms with Crippen LogP contribution < -0.4 is 5.32 Å². The second-order valence-electron chi connectivity index (χ2n) is 5.88. The van der Waals surface area contributed by atoms with Gasteiger partial charge in [-0.2, -0.15) is 0 Å². The van der Waals surface area contributed by atoms with Gasteiger partial charge in [0.15, 0.2) is 0 Å². The number of hydrogen-bond donors (Lipinski definition) is 1. The van der Waals surface area contributed by atoms with Gasteiger partial charge in [-0.3, -0.25) is 4.79 Å². The topological polar surface area (TPSA) is 68.3 Å². The van der Waals surface area contributed by atoms with E-state index in [2.05, 4.69) is 10.3 Å². The minimum Gasteiger partial charge on any atom is -0.464 e. The molecule has 0 bridgehead atoms. The molecule has 1 aliphatic carbocycles. The minimum absolute atomic E-state index is 0.243. The first-order valence-electron chi connectivity index (χ1n) is 8.19. The van der Waals surface area contributed by atoms with E-state index in [-0.39, 0.29) is 17.6 Å². The summed E-state index contributed by atoms with van der Waals surface area (Å²) in [7, 11) is 0. The third-order valence-corrected chi connectivity index (χ3v) is 4.35. The van der Waals surface area contributed by atoms with E-state index in [4.69, 9.17) is 16.3 Å². The summed E-state index contributed by atoms with van der Waals surface area (Å²) in [5.74, 6) is -0.299. The number of nitrogens with zero attached hydrogens (tertiary/aromatic N) is 1. The number of carbonyl (C=O) groups excluding carboxylic acids is 2. The van der Waals surface area contributed by atoms with Crippen molar-refractivity contribution in [1.82, 2.24) is 10.3 Å². The molecule has 0 radical (unpaired) electrons. The monoisotopic (exact) mass is 338 g/mol. The maximum absolute atomic E-state index is 12.3. The van der Waals surface area contributed by atoms with Gasteiger partial charge in [-0.1, -0.05) is 43.7 Å². The molecule has 2 rings (SSSR count). The summed E-state index contributed by atoms with van der Waals surface area (Å²) < 4.78 is 5.11. The molecule has 1 unspecified atom stereocenters. The van der Waals surface area contributed by atoms with Crippen molar-refractivity contribution in [3.05, 3.63) is 29.0 Å². The predicted molar refractivity (Wildman–Crippen MR) is 88.3 cm³/mol. The number of aromatic nitrogens is 1. The molecular weight excluding hydrogens is 316 g/mol. The molecule has 1 atom stereocenters. The van der Waals surface area contributed by atoms with Gasteiger partial charge in [0.05, 0.1) is 11.6 Å². The molecule has 1 fully saturated rings. The van der Waals surface area contributed by atoms with Crippen molar-refractivity contribution >= 4 is 23.5 Å². The molecule has 5 nitrogen and oxygen atoms in total. The van der Waals surface area contributed by atoms with Crippen LogP contribution in [-0.4, -0.2) is 29.5 Å². The van der Waals surface area contributed by atoms with E-state index in [9.17, 15) is 9.59 Å². The highest BCUT2D eigenvalue weighted by Gasteiger charge is 2.27. The Bertz CT molecular complexity index is 527. The smallest absolute Gasteiger partial charge is 0.328 e. The molecule has 1 aliphatic rings. The fourth-order valence-corrected chi connectivity index (χ4v) is 3.07. The molecular formula is C17H23ClN2O3. The van der Waals surface area contributed by atoms with Gasteiger partial charge in [0.1, 0.15) is 11.7 Å². The number of pyridine rings is 1. The Morgan fingerprint density at radius 3 is 2.70 bits per heavy atom. The van der Waals surface area contributed by atoms with Crippen LogP contribution in [0.15, 0.2) is 18.3 Å². The quantitative estimate of drug-likeness (QED) is 0.807. The normalized spacial score (nSPS) is 16.6. The third kappa shape index (κ3) is 5.50. The summed E-state index contributed by atoms with van der Waals surface area (Å²) in [6.45, 7) is 2.06. The van der Waals surface area contributed by atoms with Crippen molar-refractivity contribution in [1.29, 1.82) is 0 Å². The Morgan fingerprint density at radius 2 is 2.09 bits per heavy atom. The van der Waals surface area contributed by atoms with Crippen LogP contribution in [0.5, 0.6) is 0 Å². The number of ether oxygens (including phenoxy) is 1. The summed E-state index contributed by atoms with van der Waals surface area (Å²) in [5.41, 5.74) is 0.243. The molecule has 0 saturated heterocycles. The molecule has 0 aromatic carbocycles. The Labute approximate surface area is 141 Å². The average Bonchev–Trinajstić information content (AvgIpc) is 2.56. The Morgan fingerprint density at radius 1 is 1.35 bits per heavy atom. The number of halogens is 1. The largest absolute Gasteiger partial charge is 0.464 e. The van der Waals surface area contributed by atoms with Gasteiger partial charge in [-0.05, 0) is 31.4 Å². The van der Waals surface area contributed by atoms with E-state index < -0.39 is 6.04 Å². The second kappa shape index (κ2) is 8.87. The molecule has 1 N–H and O–H groups in total. The zero-order valence-corrected chi connectivity index (χ0v) is 14.1. The van der Waals surface area contributed by atoms with E-state index in [1.807, 2.05) is 0 Å². The van der Waals surface area contributed by atoms with E-state index in [1.54, 1.807) is 19.1 Å². The fraction of sp³-hybridized carbons (Fsp3) is 0.588. The third-order valence-electron chi connectivity index (χ3n) is 4.13. The van der Waals surface area contributed by atoms with Crippen molar-refractivity contribution in [2.45, 2.75) is 51.5 Å². The van der Waals surface area contributed by atoms with Crippen LogP contribution in [-0.2, 0) is 9.53 Å². The molecule has 1 aromatic rings. The highest BCUT2D eigenvalue weighted by molar-refractivity contribution is 6.30. The van der Waals surface area contributed by atoms with Crippen LogP contribution in [0.4, 0.5) is 0 Å². The van der Waals surface area contributed by atoms with E-state index >= 15 is 0 Å². The first-order valence-corrected chi connectivity index (χ1v) is 8.57. The standard InChI is InChI=1S/C17H23ClN2O3/c1-2-23-17(22)15(10-12-6-4-3-5-7-12)20-16(21)14-9-8-13(18)11-19-14/h8-9,11-12,15H,2-7,10H2,1H3,(H,20,21). The van der Waals surface area contributed by atoms with Gasteiger partial charge >= 0.3 is 5.97 Å². The van der Waals surface area contributed by atoms with Gasteiger partial charge in [-0.25, -0.2) is 9.78 Å². The minimum atomic E-state index is -0.622. The molecule has 1 aromatic heterocycles. The number of hydrogen-bond acceptors (Lipinski definition) is 4. The van der Waals surface area contributed by atoms with Crippen LogP contribution in [0.2, 0.25) is 5.02 Å². The first kappa shape index (κ1) is 17.7. The maximum atomic E-state index is 12.3. The second-order valence-corrected chi connectivity index (χ2v) is 6.32. The molecule has 0 aliphatic heterocycles. The van der Waals surface area contributed by atoms with Crippen LogP contribution in [0.25, 0.3) is 0 Å². The lowest BCUT2D eigenvalue weighted by atomic mass is 9.85. The summed E-state index contributed by atoms with van der Waals surface area (Å²) in [6, 6.07) is 2.52. The van der Waals surface area contributed by atoms with Crippen molar-refractivity contribution in [2.75, 3.05) is 6.61 Å². The van der Waals surface area contributed by atoms with Crippen molar-refractivity contribution in [3.8, 4) is 0 Å². The average molecular weight is 339 g/mol. The Balaban J connectivity index is 2.01. The summed E-state index contributed by atoms with van der Waals surface area (Å²) in [6.07, 6.45) is 7.87. The van der Waals surface area contributed by atoms with Crippen LogP contribution >= 0.6 is 11.6 Å². The summed E-state index contributed by atoms with van der Waals surface area (Å²) in [4.78, 5) is 28.4. The van der Waals surface area contributed by atoms with Crippen LogP contribution in [0.1, 0.15) is 55.9 Å². The number of carbonyl (C=O) groups is 2. The van der Waals surface area contributed by atoms with Gasteiger partial charge in [0, 0.05) is 6.20 Å². The zero-order valence-electron chi connectivity index (χ0n) is 13.4. The molecule has 1 saturated carbocycles. The number of nitrogens with one attached hydrogen (secondary N) is 1. The van der Waals surface area contributed by atoms with Gasteiger partial charge in [0.2, 0.25) is 0 Å². The lowest BCUT2D eigenvalue weighted by Crippen LogP contribution is -2.43. The number of esters is 1. The highest BCUT2D eigenvalue weighted by atomic mass is 35.5.